The summed E-state index contributed by atoms with van der Waals surface area (Å²) < 4.78 is 6.86. The minimum Gasteiger partial charge on any atom is -0.466 e. The molecule has 0 spiro atoms. The van der Waals surface area contributed by atoms with E-state index in [9.17, 15) is 14.9 Å². The Morgan fingerprint density at radius 2 is 2.04 bits per heavy atom. The van der Waals surface area contributed by atoms with Gasteiger partial charge in [-0.15, -0.1) is 0 Å². The molecule has 0 unspecified atom stereocenters. The fourth-order valence-corrected chi connectivity index (χ4v) is 3.46. The third-order valence-corrected chi connectivity index (χ3v) is 4.63. The van der Waals surface area contributed by atoms with Crippen LogP contribution in [-0.2, 0) is 9.53 Å². The van der Waals surface area contributed by atoms with Gasteiger partial charge in [0.1, 0.15) is 0 Å². The maximum absolute atomic E-state index is 12.6. The molecule has 8 heteroatoms. The van der Waals surface area contributed by atoms with Crippen LogP contribution >= 0.6 is 0 Å². The lowest BCUT2D eigenvalue weighted by molar-refractivity contribution is -0.384. The van der Waals surface area contributed by atoms with Crippen molar-refractivity contribution >= 4 is 28.6 Å². The molecule has 0 aliphatic carbocycles. The average molecular weight is 364 g/mol. The van der Waals surface area contributed by atoms with E-state index < -0.39 is 16.9 Å². The molecule has 1 aliphatic rings. The fraction of sp³-hybridized carbons (Fsp3) is 0.158. The summed E-state index contributed by atoms with van der Waals surface area (Å²) in [6, 6.07) is 13.2. The lowest BCUT2D eigenvalue weighted by Gasteiger charge is -2.29. The number of rotatable bonds is 3. The first-order valence-electron chi connectivity index (χ1n) is 8.28. The number of imidazole rings is 1. The van der Waals surface area contributed by atoms with Crippen LogP contribution in [0.3, 0.4) is 0 Å². The van der Waals surface area contributed by atoms with Crippen molar-refractivity contribution in [2.45, 2.75) is 13.0 Å². The first-order valence-corrected chi connectivity index (χ1v) is 8.28. The van der Waals surface area contributed by atoms with Gasteiger partial charge >= 0.3 is 5.97 Å². The Balaban J connectivity index is 2.02. The molecule has 4 rings (SSSR count). The van der Waals surface area contributed by atoms with Gasteiger partial charge in [0.2, 0.25) is 5.95 Å². The standard InChI is InChI=1S/C19H16N4O4/c1-11-16(18(24)27-2)17(12-6-5-7-13(10-12)23(25)26)22-15-9-4-3-8-14(15)21-19(22)20-11/h3-10,17H,1-2H3,(H,20,21)/t17-/m1/s1. The van der Waals surface area contributed by atoms with Gasteiger partial charge in [0.05, 0.1) is 34.7 Å². The molecule has 1 atom stereocenters. The molecular weight excluding hydrogens is 348 g/mol. The number of nitro benzene ring substituents is 1. The number of aromatic nitrogens is 2. The Morgan fingerprint density at radius 1 is 1.26 bits per heavy atom. The number of allylic oxidation sites excluding steroid dienone is 1. The molecule has 1 N–H and O–H groups in total. The molecule has 0 radical (unpaired) electrons. The van der Waals surface area contributed by atoms with Gasteiger partial charge < -0.3 is 10.1 Å². The van der Waals surface area contributed by atoms with Gasteiger partial charge in [-0.1, -0.05) is 24.3 Å². The number of esters is 1. The predicted molar refractivity (Wildman–Crippen MR) is 99.3 cm³/mol. The first-order chi connectivity index (χ1) is 13.0. The number of ether oxygens (including phenoxy) is 1. The van der Waals surface area contributed by atoms with Gasteiger partial charge in [-0.05, 0) is 24.6 Å². The van der Waals surface area contributed by atoms with E-state index in [0.717, 1.165) is 11.0 Å². The van der Waals surface area contributed by atoms with E-state index in [1.807, 2.05) is 28.8 Å². The number of nitro groups is 1. The normalized spacial score (nSPS) is 16.0. The van der Waals surface area contributed by atoms with Crippen molar-refractivity contribution in [3.63, 3.8) is 0 Å². The van der Waals surface area contributed by atoms with Crippen LogP contribution in [0.2, 0.25) is 0 Å². The first kappa shape index (κ1) is 16.8. The summed E-state index contributed by atoms with van der Waals surface area (Å²) in [4.78, 5) is 27.9. The third kappa shape index (κ3) is 2.62. The summed E-state index contributed by atoms with van der Waals surface area (Å²) >= 11 is 0. The molecule has 0 amide bonds. The van der Waals surface area contributed by atoms with Crippen LogP contribution in [0.25, 0.3) is 11.0 Å². The second-order valence-electron chi connectivity index (χ2n) is 6.20. The van der Waals surface area contributed by atoms with Crippen LogP contribution in [0.5, 0.6) is 0 Å². The van der Waals surface area contributed by atoms with Crippen molar-refractivity contribution in [2.24, 2.45) is 0 Å². The van der Waals surface area contributed by atoms with E-state index >= 15 is 0 Å². The zero-order valence-electron chi connectivity index (χ0n) is 14.7. The van der Waals surface area contributed by atoms with Gasteiger partial charge in [-0.2, -0.15) is 0 Å². The summed E-state index contributed by atoms with van der Waals surface area (Å²) in [5.41, 5.74) is 3.11. The zero-order chi connectivity index (χ0) is 19.1. The second-order valence-corrected chi connectivity index (χ2v) is 6.20. The molecule has 1 aromatic heterocycles. The number of carbonyl (C=O) groups excluding carboxylic acids is 1. The molecule has 2 aromatic carbocycles. The van der Waals surface area contributed by atoms with Crippen molar-refractivity contribution < 1.29 is 14.5 Å². The van der Waals surface area contributed by atoms with E-state index in [2.05, 4.69) is 10.3 Å². The maximum Gasteiger partial charge on any atom is 0.337 e. The Kier molecular flexibility index (Phi) is 3.88. The minimum absolute atomic E-state index is 0.0427. The quantitative estimate of drug-likeness (QED) is 0.434. The molecule has 1 aliphatic heterocycles. The van der Waals surface area contributed by atoms with Crippen LogP contribution in [0.1, 0.15) is 18.5 Å². The fourth-order valence-electron chi connectivity index (χ4n) is 3.46. The molecule has 0 fully saturated rings. The van der Waals surface area contributed by atoms with E-state index in [4.69, 9.17) is 4.74 Å². The third-order valence-electron chi connectivity index (χ3n) is 4.63. The van der Waals surface area contributed by atoms with Gasteiger partial charge in [-0.25, -0.2) is 9.78 Å². The van der Waals surface area contributed by atoms with E-state index in [0.29, 0.717) is 22.8 Å². The van der Waals surface area contributed by atoms with E-state index in [1.165, 1.54) is 19.2 Å². The van der Waals surface area contributed by atoms with Crippen molar-refractivity contribution in [1.29, 1.82) is 0 Å². The highest BCUT2D eigenvalue weighted by Crippen LogP contribution is 2.40. The molecule has 3 aromatic rings. The summed E-state index contributed by atoms with van der Waals surface area (Å²) in [6.07, 6.45) is 0. The summed E-state index contributed by atoms with van der Waals surface area (Å²) in [7, 11) is 1.31. The number of hydrogen-bond acceptors (Lipinski definition) is 6. The smallest absolute Gasteiger partial charge is 0.337 e. The van der Waals surface area contributed by atoms with E-state index in [-0.39, 0.29) is 5.69 Å². The van der Waals surface area contributed by atoms with Crippen LogP contribution in [-0.4, -0.2) is 27.6 Å². The number of para-hydroxylation sites is 2. The van der Waals surface area contributed by atoms with Crippen molar-refractivity contribution in [3.8, 4) is 0 Å². The Labute approximate surface area is 154 Å². The highest BCUT2D eigenvalue weighted by molar-refractivity contribution is 5.94. The van der Waals surface area contributed by atoms with Gasteiger partial charge in [0, 0.05) is 17.8 Å². The van der Waals surface area contributed by atoms with Crippen LogP contribution in [0, 0.1) is 10.1 Å². The highest BCUT2D eigenvalue weighted by atomic mass is 16.6. The minimum atomic E-state index is -0.596. The maximum atomic E-state index is 12.6. The number of anilines is 1. The summed E-state index contributed by atoms with van der Waals surface area (Å²) in [5, 5.41) is 14.4. The summed E-state index contributed by atoms with van der Waals surface area (Å²) in [6.45, 7) is 1.76. The topological polar surface area (TPSA) is 99.3 Å². The van der Waals surface area contributed by atoms with Crippen LogP contribution in [0.4, 0.5) is 11.6 Å². The number of nitrogens with zero attached hydrogens (tertiary/aromatic N) is 3. The largest absolute Gasteiger partial charge is 0.466 e. The Hall–Kier alpha value is -3.68. The van der Waals surface area contributed by atoms with Crippen molar-refractivity contribution in [1.82, 2.24) is 9.55 Å². The Morgan fingerprint density at radius 3 is 2.78 bits per heavy atom. The van der Waals surface area contributed by atoms with Crippen molar-refractivity contribution in [3.05, 3.63) is 75.5 Å². The Bertz CT molecular complexity index is 1120. The van der Waals surface area contributed by atoms with E-state index in [1.54, 1.807) is 19.1 Å². The van der Waals surface area contributed by atoms with Crippen LogP contribution < -0.4 is 5.32 Å². The number of hydrogen-bond donors (Lipinski definition) is 1. The van der Waals surface area contributed by atoms with Gasteiger partial charge in [0.15, 0.2) is 0 Å². The number of fused-ring (bicyclic) bond motifs is 3. The molecule has 27 heavy (non-hydrogen) atoms. The second kappa shape index (κ2) is 6.24. The lowest BCUT2D eigenvalue weighted by Crippen LogP contribution is -2.28. The molecule has 0 saturated heterocycles. The molecular formula is C19H16N4O4. The monoisotopic (exact) mass is 364 g/mol. The number of benzene rings is 2. The SMILES string of the molecule is COC(=O)C1=C(C)Nc2nc3ccccc3n2[C@@H]1c1cccc([N+](=O)[O-])c1. The zero-order valence-corrected chi connectivity index (χ0v) is 14.7. The van der Waals surface area contributed by atoms with Gasteiger partial charge in [-0.3, -0.25) is 14.7 Å². The molecule has 0 bridgehead atoms. The average Bonchev–Trinajstić information content (AvgIpc) is 3.04. The number of nitrogens with one attached hydrogen (secondary N) is 1. The lowest BCUT2D eigenvalue weighted by atomic mass is 9.94. The molecule has 8 nitrogen and oxygen atoms in total. The number of methoxy groups -OCH3 is 1. The highest BCUT2D eigenvalue weighted by Gasteiger charge is 2.35. The molecule has 0 saturated carbocycles. The predicted octanol–water partition coefficient (Wildman–Crippen LogP) is 3.41. The summed E-state index contributed by atoms with van der Waals surface area (Å²) in [5.74, 6) is 0.0674. The van der Waals surface area contributed by atoms with Crippen LogP contribution in [0.15, 0.2) is 59.8 Å². The van der Waals surface area contributed by atoms with Crippen molar-refractivity contribution in [2.75, 3.05) is 12.4 Å². The molecule has 136 valence electrons. The number of non-ortho nitro benzene ring substituents is 1. The number of carbonyl (C=O) groups is 1. The molecule has 2 heterocycles. The van der Waals surface area contributed by atoms with Gasteiger partial charge in [0.25, 0.3) is 5.69 Å².